The van der Waals surface area contributed by atoms with E-state index in [0.717, 1.165) is 17.8 Å². The molecule has 0 aliphatic carbocycles. The lowest BCUT2D eigenvalue weighted by atomic mass is 10.0. The molecule has 0 aliphatic heterocycles. The van der Waals surface area contributed by atoms with Gasteiger partial charge < -0.3 is 0 Å². The summed E-state index contributed by atoms with van der Waals surface area (Å²) in [5, 5.41) is 4.12. The molecule has 4 nitrogen and oxygen atoms in total. The molecule has 2 aromatic rings. The Hall–Kier alpha value is -1.50. The second-order valence-electron chi connectivity index (χ2n) is 5.09. The predicted octanol–water partition coefficient (Wildman–Crippen LogP) is 3.14. The van der Waals surface area contributed by atoms with E-state index in [0.29, 0.717) is 6.42 Å². The van der Waals surface area contributed by atoms with Crippen molar-refractivity contribution in [2.45, 2.75) is 32.4 Å². The molecule has 0 saturated carbocycles. The first-order valence-electron chi connectivity index (χ1n) is 6.57. The molecule has 0 radical (unpaired) electrons. The molecule has 0 aliphatic rings. The lowest BCUT2D eigenvalue weighted by molar-refractivity contribution is 0.486. The maximum atomic E-state index is 13.9. The molecule has 1 atom stereocenters. The van der Waals surface area contributed by atoms with Crippen LogP contribution in [0.3, 0.4) is 0 Å². The third-order valence-corrected chi connectivity index (χ3v) is 3.51. The minimum Gasteiger partial charge on any atom is -0.271 e. The standard InChI is InChI=1S/C14H17ClF2N4/c1-8(2)21-4-3-9(20-21)5-14(19-18)10-6-13(17)11(15)7-12(10)16/h3-4,6-8,14,19H,5,18H2,1-2H3. The van der Waals surface area contributed by atoms with Crippen LogP contribution in [0, 0.1) is 11.6 Å². The molecular formula is C14H17ClF2N4. The van der Waals surface area contributed by atoms with Crippen LogP contribution in [-0.4, -0.2) is 9.78 Å². The number of nitrogens with two attached hydrogens (primary N) is 1. The van der Waals surface area contributed by atoms with Crippen molar-refractivity contribution in [3.63, 3.8) is 0 Å². The minimum absolute atomic E-state index is 0.124. The summed E-state index contributed by atoms with van der Waals surface area (Å²) in [7, 11) is 0. The molecule has 1 aromatic heterocycles. The smallest absolute Gasteiger partial charge is 0.142 e. The molecule has 1 heterocycles. The quantitative estimate of drug-likeness (QED) is 0.506. The van der Waals surface area contributed by atoms with Gasteiger partial charge in [-0.05, 0) is 32.0 Å². The SMILES string of the molecule is CC(C)n1ccc(CC(NN)c2cc(F)c(Cl)cc2F)n1. The predicted molar refractivity (Wildman–Crippen MR) is 77.7 cm³/mol. The Balaban J connectivity index is 2.25. The van der Waals surface area contributed by atoms with Crippen LogP contribution < -0.4 is 11.3 Å². The first-order chi connectivity index (χ1) is 9.92. The van der Waals surface area contributed by atoms with Crippen LogP contribution in [-0.2, 0) is 6.42 Å². The first kappa shape index (κ1) is 15.9. The third kappa shape index (κ3) is 3.58. The van der Waals surface area contributed by atoms with E-state index in [1.165, 1.54) is 0 Å². The molecule has 0 spiro atoms. The van der Waals surface area contributed by atoms with E-state index >= 15 is 0 Å². The Labute approximate surface area is 126 Å². The summed E-state index contributed by atoms with van der Waals surface area (Å²) in [5.74, 6) is 4.19. The van der Waals surface area contributed by atoms with E-state index in [-0.39, 0.29) is 16.6 Å². The van der Waals surface area contributed by atoms with Crippen molar-refractivity contribution in [1.82, 2.24) is 15.2 Å². The monoisotopic (exact) mass is 314 g/mol. The van der Waals surface area contributed by atoms with Crippen LogP contribution in [0.15, 0.2) is 24.4 Å². The zero-order chi connectivity index (χ0) is 15.6. The van der Waals surface area contributed by atoms with E-state index < -0.39 is 17.7 Å². The van der Waals surface area contributed by atoms with Gasteiger partial charge in [0.25, 0.3) is 0 Å². The van der Waals surface area contributed by atoms with Crippen LogP contribution in [0.25, 0.3) is 0 Å². The second kappa shape index (κ2) is 6.51. The topological polar surface area (TPSA) is 55.9 Å². The number of nitrogens with one attached hydrogen (secondary N) is 1. The fourth-order valence-electron chi connectivity index (χ4n) is 2.05. The number of aromatic nitrogens is 2. The van der Waals surface area contributed by atoms with Gasteiger partial charge in [-0.25, -0.2) is 8.78 Å². The van der Waals surface area contributed by atoms with Crippen LogP contribution >= 0.6 is 11.6 Å². The Morgan fingerprint density at radius 2 is 2.05 bits per heavy atom. The number of hydrogen-bond acceptors (Lipinski definition) is 3. The lowest BCUT2D eigenvalue weighted by Gasteiger charge is -2.16. The Morgan fingerprint density at radius 1 is 1.33 bits per heavy atom. The van der Waals surface area contributed by atoms with Gasteiger partial charge in [-0.15, -0.1) is 0 Å². The fraction of sp³-hybridized carbons (Fsp3) is 0.357. The first-order valence-corrected chi connectivity index (χ1v) is 6.94. The van der Waals surface area contributed by atoms with Gasteiger partial charge in [0.05, 0.1) is 16.8 Å². The van der Waals surface area contributed by atoms with Crippen molar-refractivity contribution < 1.29 is 8.78 Å². The van der Waals surface area contributed by atoms with Crippen LogP contribution in [0.4, 0.5) is 8.78 Å². The summed E-state index contributed by atoms with van der Waals surface area (Å²) in [6.45, 7) is 4.01. The van der Waals surface area contributed by atoms with Crippen LogP contribution in [0.1, 0.15) is 37.2 Å². The molecule has 114 valence electrons. The zero-order valence-electron chi connectivity index (χ0n) is 11.8. The highest BCUT2D eigenvalue weighted by Crippen LogP contribution is 2.25. The van der Waals surface area contributed by atoms with Crippen molar-refractivity contribution in [3.8, 4) is 0 Å². The molecule has 21 heavy (non-hydrogen) atoms. The number of halogens is 3. The van der Waals surface area contributed by atoms with Gasteiger partial charge in [-0.2, -0.15) is 5.10 Å². The summed E-state index contributed by atoms with van der Waals surface area (Å²) < 4.78 is 29.2. The molecule has 2 rings (SSSR count). The Morgan fingerprint density at radius 3 is 2.62 bits per heavy atom. The molecule has 0 bridgehead atoms. The lowest BCUT2D eigenvalue weighted by Crippen LogP contribution is -2.30. The van der Waals surface area contributed by atoms with Gasteiger partial charge in [0.15, 0.2) is 0 Å². The maximum absolute atomic E-state index is 13.9. The largest absolute Gasteiger partial charge is 0.271 e. The molecule has 3 N–H and O–H groups in total. The van der Waals surface area contributed by atoms with Gasteiger partial charge in [0.1, 0.15) is 11.6 Å². The average molecular weight is 315 g/mol. The van der Waals surface area contributed by atoms with E-state index in [1.807, 2.05) is 26.1 Å². The number of hydrogen-bond donors (Lipinski definition) is 2. The summed E-state index contributed by atoms with van der Waals surface area (Å²) in [6.07, 6.45) is 2.18. The summed E-state index contributed by atoms with van der Waals surface area (Å²) >= 11 is 5.55. The molecule has 0 fully saturated rings. The molecule has 1 unspecified atom stereocenters. The van der Waals surface area contributed by atoms with Gasteiger partial charge in [-0.3, -0.25) is 16.0 Å². The second-order valence-corrected chi connectivity index (χ2v) is 5.50. The van der Waals surface area contributed by atoms with Gasteiger partial charge in [0, 0.05) is 24.2 Å². The Kier molecular flexibility index (Phi) is 4.92. The van der Waals surface area contributed by atoms with Crippen molar-refractivity contribution in [1.29, 1.82) is 0 Å². The van der Waals surface area contributed by atoms with Gasteiger partial charge >= 0.3 is 0 Å². The summed E-state index contributed by atoms with van der Waals surface area (Å²) in [6, 6.07) is 3.47. The van der Waals surface area contributed by atoms with Gasteiger partial charge in [-0.1, -0.05) is 11.6 Å². The number of benzene rings is 1. The van der Waals surface area contributed by atoms with E-state index in [2.05, 4.69) is 10.5 Å². The average Bonchev–Trinajstić information content (AvgIpc) is 2.89. The third-order valence-electron chi connectivity index (χ3n) is 3.22. The molecule has 0 amide bonds. The van der Waals surface area contributed by atoms with Crippen molar-refractivity contribution >= 4 is 11.6 Å². The fourth-order valence-corrected chi connectivity index (χ4v) is 2.20. The Bertz CT molecular complexity index is 627. The van der Waals surface area contributed by atoms with Crippen LogP contribution in [0.5, 0.6) is 0 Å². The normalized spacial score (nSPS) is 12.9. The van der Waals surface area contributed by atoms with Gasteiger partial charge in [0.2, 0.25) is 0 Å². The molecule has 0 saturated heterocycles. The summed E-state index contributed by atoms with van der Waals surface area (Å²) in [5.41, 5.74) is 3.35. The van der Waals surface area contributed by atoms with Crippen LogP contribution in [0.2, 0.25) is 5.02 Å². The molecular weight excluding hydrogens is 298 g/mol. The highest BCUT2D eigenvalue weighted by atomic mass is 35.5. The number of rotatable bonds is 5. The minimum atomic E-state index is -0.680. The zero-order valence-corrected chi connectivity index (χ0v) is 12.5. The maximum Gasteiger partial charge on any atom is 0.142 e. The highest BCUT2D eigenvalue weighted by molar-refractivity contribution is 6.30. The number of nitrogens with zero attached hydrogens (tertiary/aromatic N) is 2. The van der Waals surface area contributed by atoms with E-state index in [9.17, 15) is 8.78 Å². The molecule has 7 heteroatoms. The molecule has 1 aromatic carbocycles. The van der Waals surface area contributed by atoms with Crippen molar-refractivity contribution in [2.75, 3.05) is 0 Å². The van der Waals surface area contributed by atoms with Crippen molar-refractivity contribution in [3.05, 3.63) is 52.3 Å². The number of hydrazine groups is 1. The van der Waals surface area contributed by atoms with E-state index in [1.54, 1.807) is 4.68 Å². The highest BCUT2D eigenvalue weighted by Gasteiger charge is 2.19. The van der Waals surface area contributed by atoms with E-state index in [4.69, 9.17) is 17.4 Å². The van der Waals surface area contributed by atoms with Crippen molar-refractivity contribution in [2.24, 2.45) is 5.84 Å². The summed E-state index contributed by atoms with van der Waals surface area (Å²) in [4.78, 5) is 0.